The fourth-order valence-electron chi connectivity index (χ4n) is 2.16. The Balaban J connectivity index is 1.55. The number of amides is 1. The molecule has 0 saturated carbocycles. The molecule has 128 valence electrons. The lowest BCUT2D eigenvalue weighted by Gasteiger charge is -2.09. The second kappa shape index (κ2) is 7.55. The van der Waals surface area contributed by atoms with Crippen LogP contribution in [0.5, 0.6) is 5.75 Å². The second-order valence-corrected chi connectivity index (χ2v) is 6.69. The summed E-state index contributed by atoms with van der Waals surface area (Å²) in [6.45, 7) is 1.81. The van der Waals surface area contributed by atoms with Gasteiger partial charge in [0.15, 0.2) is 11.7 Å². The summed E-state index contributed by atoms with van der Waals surface area (Å²) in [5.74, 6) is 0.348. The minimum atomic E-state index is -0.253. The Kier molecular flexibility index (Phi) is 5.21. The van der Waals surface area contributed by atoms with Crippen LogP contribution in [-0.4, -0.2) is 17.5 Å². The van der Waals surface area contributed by atoms with Crippen LogP contribution in [0.25, 0.3) is 11.3 Å². The zero-order valence-electron chi connectivity index (χ0n) is 13.5. The van der Waals surface area contributed by atoms with Crippen molar-refractivity contribution in [1.29, 1.82) is 0 Å². The number of anilines is 2. The monoisotopic (exact) mass is 373 g/mol. The second-order valence-electron chi connectivity index (χ2n) is 5.40. The van der Waals surface area contributed by atoms with Gasteiger partial charge >= 0.3 is 0 Å². The standard InChI is InChI=1S/C18H16ClN3O2S/c1-11-2-5-13(8-15(11)19)21-17(23)9-24-14-6-3-12(4-7-14)16-10-25-18(20)22-16/h2-8,10H,9H2,1H3,(H2,20,22)(H,21,23). The third-order valence-corrected chi connectivity index (χ3v) is 4.58. The molecular weight excluding hydrogens is 358 g/mol. The van der Waals surface area contributed by atoms with Crippen LogP contribution in [0.4, 0.5) is 10.8 Å². The van der Waals surface area contributed by atoms with Crippen molar-refractivity contribution in [2.75, 3.05) is 17.7 Å². The maximum absolute atomic E-state index is 12.0. The predicted octanol–water partition coefficient (Wildman–Crippen LogP) is 4.37. The molecule has 7 heteroatoms. The Bertz CT molecular complexity index is 894. The van der Waals surface area contributed by atoms with Gasteiger partial charge in [0.25, 0.3) is 5.91 Å². The number of carbonyl (C=O) groups is 1. The average Bonchev–Trinajstić information content (AvgIpc) is 3.03. The Hall–Kier alpha value is -2.57. The van der Waals surface area contributed by atoms with Gasteiger partial charge in [-0.2, -0.15) is 0 Å². The van der Waals surface area contributed by atoms with Crippen molar-refractivity contribution >= 4 is 39.7 Å². The number of ether oxygens (including phenoxy) is 1. The molecule has 1 aromatic heterocycles. The number of thiazole rings is 1. The number of hydrogen-bond donors (Lipinski definition) is 2. The largest absolute Gasteiger partial charge is 0.484 e. The summed E-state index contributed by atoms with van der Waals surface area (Å²) in [6, 6.07) is 12.7. The number of aromatic nitrogens is 1. The minimum absolute atomic E-state index is 0.0888. The lowest BCUT2D eigenvalue weighted by Crippen LogP contribution is -2.20. The number of aryl methyl sites for hydroxylation is 1. The van der Waals surface area contributed by atoms with Crippen LogP contribution < -0.4 is 15.8 Å². The Morgan fingerprint density at radius 2 is 2.04 bits per heavy atom. The maximum atomic E-state index is 12.0. The molecule has 0 unspecified atom stereocenters. The van der Waals surface area contributed by atoms with Crippen molar-refractivity contribution in [2.45, 2.75) is 6.92 Å². The molecule has 1 amide bonds. The molecule has 1 heterocycles. The molecule has 0 aliphatic heterocycles. The van der Waals surface area contributed by atoms with Gasteiger partial charge < -0.3 is 15.8 Å². The fourth-order valence-corrected chi connectivity index (χ4v) is 2.91. The summed E-state index contributed by atoms with van der Waals surface area (Å²) in [5.41, 5.74) is 9.00. The van der Waals surface area contributed by atoms with Gasteiger partial charge in [0.2, 0.25) is 0 Å². The average molecular weight is 374 g/mol. The number of nitrogen functional groups attached to an aromatic ring is 1. The molecule has 2 aromatic carbocycles. The SMILES string of the molecule is Cc1ccc(NC(=O)COc2ccc(-c3csc(N)n3)cc2)cc1Cl. The van der Waals surface area contributed by atoms with Crippen molar-refractivity contribution in [3.05, 3.63) is 58.4 Å². The van der Waals surface area contributed by atoms with Crippen LogP contribution in [0.1, 0.15) is 5.56 Å². The number of benzene rings is 2. The van der Waals surface area contributed by atoms with Crippen LogP contribution in [0.3, 0.4) is 0 Å². The molecule has 3 N–H and O–H groups in total. The van der Waals surface area contributed by atoms with Crippen molar-refractivity contribution in [2.24, 2.45) is 0 Å². The zero-order chi connectivity index (χ0) is 17.8. The van der Waals surface area contributed by atoms with E-state index in [0.717, 1.165) is 16.8 Å². The van der Waals surface area contributed by atoms with Crippen LogP contribution in [-0.2, 0) is 4.79 Å². The Morgan fingerprint density at radius 1 is 1.28 bits per heavy atom. The van der Waals surface area contributed by atoms with Crippen LogP contribution in [0.15, 0.2) is 47.8 Å². The van der Waals surface area contributed by atoms with E-state index in [1.54, 1.807) is 24.3 Å². The van der Waals surface area contributed by atoms with Gasteiger partial charge in [-0.3, -0.25) is 4.79 Å². The van der Waals surface area contributed by atoms with Crippen molar-refractivity contribution < 1.29 is 9.53 Å². The highest BCUT2D eigenvalue weighted by Gasteiger charge is 2.06. The summed E-state index contributed by atoms with van der Waals surface area (Å²) in [5, 5.41) is 5.78. The lowest BCUT2D eigenvalue weighted by atomic mass is 10.2. The first-order chi connectivity index (χ1) is 12.0. The normalized spacial score (nSPS) is 10.5. The fraction of sp³-hybridized carbons (Fsp3) is 0.111. The van der Waals surface area contributed by atoms with E-state index in [1.165, 1.54) is 11.3 Å². The highest BCUT2D eigenvalue weighted by Crippen LogP contribution is 2.25. The number of nitrogens with one attached hydrogen (secondary N) is 1. The summed E-state index contributed by atoms with van der Waals surface area (Å²) in [7, 11) is 0. The van der Waals surface area contributed by atoms with Crippen LogP contribution in [0.2, 0.25) is 5.02 Å². The molecule has 3 rings (SSSR count). The predicted molar refractivity (Wildman–Crippen MR) is 102 cm³/mol. The zero-order valence-corrected chi connectivity index (χ0v) is 15.0. The first-order valence-electron chi connectivity index (χ1n) is 7.51. The summed E-state index contributed by atoms with van der Waals surface area (Å²) in [6.07, 6.45) is 0. The molecule has 0 atom stereocenters. The van der Waals surface area contributed by atoms with Gasteiger partial charge in [0.05, 0.1) is 5.69 Å². The number of halogens is 1. The van der Waals surface area contributed by atoms with Crippen LogP contribution >= 0.6 is 22.9 Å². The molecule has 0 spiro atoms. The topological polar surface area (TPSA) is 77.2 Å². The molecule has 0 radical (unpaired) electrons. The van der Waals surface area contributed by atoms with E-state index in [1.807, 2.05) is 30.5 Å². The first-order valence-corrected chi connectivity index (χ1v) is 8.77. The molecule has 0 bridgehead atoms. The molecule has 5 nitrogen and oxygen atoms in total. The molecule has 0 fully saturated rings. The third-order valence-electron chi connectivity index (χ3n) is 3.50. The number of hydrogen-bond acceptors (Lipinski definition) is 5. The quantitative estimate of drug-likeness (QED) is 0.696. The van der Waals surface area contributed by atoms with E-state index >= 15 is 0 Å². The summed E-state index contributed by atoms with van der Waals surface area (Å²) in [4.78, 5) is 16.2. The van der Waals surface area contributed by atoms with E-state index in [-0.39, 0.29) is 12.5 Å². The van der Waals surface area contributed by atoms with E-state index in [4.69, 9.17) is 22.1 Å². The molecular formula is C18H16ClN3O2S. The summed E-state index contributed by atoms with van der Waals surface area (Å²) >= 11 is 7.44. The van der Waals surface area contributed by atoms with Gasteiger partial charge in [0.1, 0.15) is 5.75 Å². The van der Waals surface area contributed by atoms with Gasteiger partial charge in [0, 0.05) is 21.7 Å². The van der Waals surface area contributed by atoms with E-state index in [2.05, 4.69) is 10.3 Å². The highest BCUT2D eigenvalue weighted by molar-refractivity contribution is 7.13. The van der Waals surface area contributed by atoms with Gasteiger partial charge in [-0.15, -0.1) is 11.3 Å². The van der Waals surface area contributed by atoms with Crippen molar-refractivity contribution in [3.63, 3.8) is 0 Å². The smallest absolute Gasteiger partial charge is 0.262 e. The maximum Gasteiger partial charge on any atom is 0.262 e. The van der Waals surface area contributed by atoms with Crippen LogP contribution in [0, 0.1) is 6.92 Å². The molecule has 0 aliphatic rings. The van der Waals surface area contributed by atoms with E-state index < -0.39 is 0 Å². The van der Waals surface area contributed by atoms with Crippen molar-refractivity contribution in [3.8, 4) is 17.0 Å². The number of nitrogens with zero attached hydrogens (tertiary/aromatic N) is 1. The lowest BCUT2D eigenvalue weighted by molar-refractivity contribution is -0.118. The Morgan fingerprint density at radius 3 is 2.68 bits per heavy atom. The number of nitrogens with two attached hydrogens (primary N) is 1. The summed E-state index contributed by atoms with van der Waals surface area (Å²) < 4.78 is 5.50. The van der Waals surface area contributed by atoms with E-state index in [0.29, 0.717) is 21.6 Å². The van der Waals surface area contributed by atoms with Gasteiger partial charge in [-0.1, -0.05) is 17.7 Å². The number of rotatable bonds is 5. The molecule has 0 saturated heterocycles. The molecule has 25 heavy (non-hydrogen) atoms. The Labute approximate surface area is 154 Å². The molecule has 0 aliphatic carbocycles. The first kappa shape index (κ1) is 17.3. The van der Waals surface area contributed by atoms with Gasteiger partial charge in [-0.05, 0) is 48.9 Å². The minimum Gasteiger partial charge on any atom is -0.484 e. The van der Waals surface area contributed by atoms with E-state index in [9.17, 15) is 4.79 Å². The molecule has 3 aromatic rings. The van der Waals surface area contributed by atoms with Crippen molar-refractivity contribution in [1.82, 2.24) is 4.98 Å². The highest BCUT2D eigenvalue weighted by atomic mass is 35.5. The third kappa shape index (κ3) is 4.49. The van der Waals surface area contributed by atoms with Gasteiger partial charge in [-0.25, -0.2) is 4.98 Å². The number of carbonyl (C=O) groups excluding carboxylic acids is 1.